The number of aromatic amines is 1. The molecular weight excluding hydrogens is 236 g/mol. The zero-order valence-corrected chi connectivity index (χ0v) is 10.7. The van der Waals surface area contributed by atoms with E-state index in [0.29, 0.717) is 6.42 Å². The second-order valence-electron chi connectivity index (χ2n) is 4.82. The maximum absolute atomic E-state index is 9.93. The lowest BCUT2D eigenvalue weighted by Gasteiger charge is -2.40. The summed E-state index contributed by atoms with van der Waals surface area (Å²) in [6.07, 6.45) is 1.11. The first-order chi connectivity index (χ1) is 8.58. The largest absolute Gasteiger partial charge is 0.386 e. The van der Waals surface area contributed by atoms with Gasteiger partial charge in [0.2, 0.25) is 0 Å². The molecule has 18 heavy (non-hydrogen) atoms. The first-order valence-corrected chi connectivity index (χ1v) is 6.14. The van der Waals surface area contributed by atoms with Crippen LogP contribution in [-0.4, -0.2) is 68.7 Å². The lowest BCUT2D eigenvalue weighted by molar-refractivity contribution is -0.231. The molecule has 0 spiro atoms. The number of rotatable bonds is 4. The molecule has 0 saturated carbocycles. The van der Waals surface area contributed by atoms with Gasteiger partial charge in [-0.3, -0.25) is 0 Å². The number of nitrogens with zero attached hydrogens (tertiary/aromatic N) is 3. The van der Waals surface area contributed by atoms with E-state index in [0.717, 1.165) is 18.7 Å². The molecule has 3 N–H and O–H groups in total. The highest BCUT2D eigenvalue weighted by Crippen LogP contribution is 2.22. The highest BCUT2D eigenvalue weighted by molar-refractivity contribution is 4.93. The minimum absolute atomic E-state index is 0.0529. The second-order valence-corrected chi connectivity index (χ2v) is 4.82. The Balaban J connectivity index is 1.88. The average molecular weight is 256 g/mol. The zero-order chi connectivity index (χ0) is 13.1. The van der Waals surface area contributed by atoms with Gasteiger partial charge in [-0.05, 0) is 20.4 Å². The van der Waals surface area contributed by atoms with Gasteiger partial charge in [-0.25, -0.2) is 0 Å². The summed E-state index contributed by atoms with van der Waals surface area (Å²) in [6, 6.07) is -0.101. The molecule has 7 heteroatoms. The molecule has 1 fully saturated rings. The minimum Gasteiger partial charge on any atom is -0.386 e. The van der Waals surface area contributed by atoms with Crippen LogP contribution >= 0.6 is 0 Å². The lowest BCUT2D eigenvalue weighted by atomic mass is 9.99. The summed E-state index contributed by atoms with van der Waals surface area (Å²) in [5.74, 6) is 0. The van der Waals surface area contributed by atoms with E-state index in [1.807, 2.05) is 18.9 Å². The average Bonchev–Trinajstić information content (AvgIpc) is 2.83. The van der Waals surface area contributed by atoms with Crippen LogP contribution in [0.25, 0.3) is 0 Å². The van der Waals surface area contributed by atoms with E-state index in [2.05, 4.69) is 15.4 Å². The molecule has 102 valence electrons. The number of nitrogens with one attached hydrogen (secondary N) is 1. The van der Waals surface area contributed by atoms with Gasteiger partial charge in [0.1, 0.15) is 6.10 Å². The Kier molecular flexibility index (Phi) is 4.28. The summed E-state index contributed by atoms with van der Waals surface area (Å²) in [7, 11) is 1.93. The van der Waals surface area contributed by atoms with Gasteiger partial charge in [0.25, 0.3) is 0 Å². The molecule has 1 aromatic heterocycles. The second kappa shape index (κ2) is 5.75. The highest BCUT2D eigenvalue weighted by Gasteiger charge is 2.36. The molecular formula is C11H20N4O3. The fourth-order valence-corrected chi connectivity index (χ4v) is 2.29. The van der Waals surface area contributed by atoms with Gasteiger partial charge in [-0.15, -0.1) is 0 Å². The molecule has 0 aromatic carbocycles. The van der Waals surface area contributed by atoms with Crippen molar-refractivity contribution >= 4 is 0 Å². The lowest BCUT2D eigenvalue weighted by Crippen LogP contribution is -2.54. The van der Waals surface area contributed by atoms with Crippen LogP contribution in [0.3, 0.4) is 0 Å². The van der Waals surface area contributed by atoms with Gasteiger partial charge in [0.15, 0.2) is 6.29 Å². The van der Waals surface area contributed by atoms with Gasteiger partial charge < -0.3 is 19.8 Å². The number of ether oxygens (including phenoxy) is 1. The summed E-state index contributed by atoms with van der Waals surface area (Å²) in [5.41, 5.74) is 0.886. The number of hydrogen-bond acceptors (Lipinski definition) is 6. The van der Waals surface area contributed by atoms with Crippen LogP contribution in [0.5, 0.6) is 0 Å². The zero-order valence-electron chi connectivity index (χ0n) is 10.7. The van der Waals surface area contributed by atoms with Crippen LogP contribution < -0.4 is 0 Å². The van der Waals surface area contributed by atoms with E-state index in [-0.39, 0.29) is 12.1 Å². The summed E-state index contributed by atoms with van der Waals surface area (Å²) in [4.78, 5) is 2.03. The van der Waals surface area contributed by atoms with Crippen LogP contribution in [0.15, 0.2) is 6.20 Å². The smallest absolute Gasteiger partial charge is 0.182 e. The molecule has 0 aliphatic carbocycles. The third kappa shape index (κ3) is 3.05. The van der Waals surface area contributed by atoms with Crippen molar-refractivity contribution in [1.29, 1.82) is 0 Å². The molecule has 0 bridgehead atoms. The Hall–Kier alpha value is -1.02. The first-order valence-electron chi connectivity index (χ1n) is 6.14. The van der Waals surface area contributed by atoms with Crippen LogP contribution in [0.1, 0.15) is 19.0 Å². The third-order valence-electron chi connectivity index (χ3n) is 3.38. The number of aliphatic hydroxyl groups excluding tert-OH is 2. The molecule has 2 rings (SSSR count). The molecule has 1 unspecified atom stereocenters. The SMILES string of the molecule is C[C@@H]1C[C@H](N(C)CCc2cn[nH]n2)C(O)[C@H](O)O1. The highest BCUT2D eigenvalue weighted by atomic mass is 16.6. The Bertz CT molecular complexity index is 359. The summed E-state index contributed by atoms with van der Waals surface area (Å²) < 4.78 is 5.18. The van der Waals surface area contributed by atoms with Crippen molar-refractivity contribution in [2.75, 3.05) is 13.6 Å². The molecule has 0 amide bonds. The Morgan fingerprint density at radius 2 is 2.33 bits per heavy atom. The fraction of sp³-hybridized carbons (Fsp3) is 0.818. The third-order valence-corrected chi connectivity index (χ3v) is 3.38. The van der Waals surface area contributed by atoms with Gasteiger partial charge >= 0.3 is 0 Å². The van der Waals surface area contributed by atoms with Crippen LogP contribution in [0, 0.1) is 0 Å². The number of aromatic nitrogens is 3. The van der Waals surface area contributed by atoms with Gasteiger partial charge in [-0.2, -0.15) is 15.4 Å². The number of aliphatic hydroxyl groups is 2. The molecule has 7 nitrogen and oxygen atoms in total. The number of H-pyrrole nitrogens is 1. The summed E-state index contributed by atoms with van der Waals surface area (Å²) in [5, 5.41) is 29.8. The normalized spacial score (nSPS) is 32.9. The van der Waals surface area contributed by atoms with Crippen molar-refractivity contribution in [3.8, 4) is 0 Å². The van der Waals surface area contributed by atoms with E-state index in [4.69, 9.17) is 4.74 Å². The van der Waals surface area contributed by atoms with Gasteiger partial charge in [-0.1, -0.05) is 0 Å². The van der Waals surface area contributed by atoms with Crippen molar-refractivity contribution < 1.29 is 14.9 Å². The van der Waals surface area contributed by atoms with Crippen molar-refractivity contribution in [3.63, 3.8) is 0 Å². The molecule has 2 heterocycles. The molecule has 1 aliphatic rings. The van der Waals surface area contributed by atoms with E-state index in [1.165, 1.54) is 0 Å². The van der Waals surface area contributed by atoms with E-state index in [9.17, 15) is 10.2 Å². The molecule has 0 radical (unpaired) electrons. The summed E-state index contributed by atoms with van der Waals surface area (Å²) >= 11 is 0. The standard InChI is InChI=1S/C11H20N4O3/c1-7-5-9(10(16)11(17)18-7)15(2)4-3-8-6-12-14-13-8/h6-7,9-11,16-17H,3-5H2,1-2H3,(H,12,13,14)/t7-,9+,10?,11-/m1/s1. The summed E-state index contributed by atoms with van der Waals surface area (Å²) in [6.45, 7) is 2.64. The Morgan fingerprint density at radius 1 is 1.56 bits per heavy atom. The quantitative estimate of drug-likeness (QED) is 0.648. The van der Waals surface area contributed by atoms with E-state index in [1.54, 1.807) is 6.20 Å². The van der Waals surface area contributed by atoms with Crippen molar-refractivity contribution in [3.05, 3.63) is 11.9 Å². The number of likely N-dealkylation sites (N-methyl/N-ethyl adjacent to an activating group) is 1. The molecule has 1 aromatic rings. The minimum atomic E-state index is -1.10. The van der Waals surface area contributed by atoms with Crippen LogP contribution in [-0.2, 0) is 11.2 Å². The maximum Gasteiger partial charge on any atom is 0.182 e. The van der Waals surface area contributed by atoms with E-state index < -0.39 is 12.4 Å². The topological polar surface area (TPSA) is 94.5 Å². The number of hydrogen-bond donors (Lipinski definition) is 3. The van der Waals surface area contributed by atoms with E-state index >= 15 is 0 Å². The van der Waals surface area contributed by atoms with Crippen molar-refractivity contribution in [2.45, 2.75) is 44.3 Å². The van der Waals surface area contributed by atoms with Gasteiger partial charge in [0.05, 0.1) is 18.0 Å². The molecule has 1 aliphatic heterocycles. The predicted molar refractivity (Wildman–Crippen MR) is 63.7 cm³/mol. The van der Waals surface area contributed by atoms with Crippen molar-refractivity contribution in [2.24, 2.45) is 0 Å². The molecule has 4 atom stereocenters. The predicted octanol–water partition coefficient (Wildman–Crippen LogP) is -0.864. The monoisotopic (exact) mass is 256 g/mol. The maximum atomic E-state index is 9.93. The molecule has 1 saturated heterocycles. The Labute approximate surface area is 106 Å². The fourth-order valence-electron chi connectivity index (χ4n) is 2.29. The van der Waals surface area contributed by atoms with Crippen LogP contribution in [0.2, 0.25) is 0 Å². The van der Waals surface area contributed by atoms with Crippen molar-refractivity contribution in [1.82, 2.24) is 20.3 Å². The van der Waals surface area contributed by atoms with Crippen LogP contribution in [0.4, 0.5) is 0 Å². The first kappa shape index (κ1) is 13.4. The Morgan fingerprint density at radius 3 is 3.00 bits per heavy atom. The van der Waals surface area contributed by atoms with Gasteiger partial charge in [0, 0.05) is 19.0 Å².